The van der Waals surface area contributed by atoms with Gasteiger partial charge in [-0.1, -0.05) is 5.16 Å². The van der Waals surface area contributed by atoms with E-state index in [4.69, 9.17) is 14.0 Å². The predicted octanol–water partition coefficient (Wildman–Crippen LogP) is 1.69. The van der Waals surface area contributed by atoms with E-state index in [9.17, 15) is 4.79 Å². The third-order valence-electron chi connectivity index (χ3n) is 4.21. The van der Waals surface area contributed by atoms with Crippen molar-refractivity contribution < 1.29 is 18.8 Å². The Kier molecular flexibility index (Phi) is 2.85. The first kappa shape index (κ1) is 12.6. The van der Waals surface area contributed by atoms with Crippen molar-refractivity contribution in [2.24, 2.45) is 0 Å². The number of carbonyl (C=O) groups is 1. The van der Waals surface area contributed by atoms with Gasteiger partial charge < -0.3 is 14.0 Å². The molecular formula is C13H18N2O4. The molecule has 6 heteroatoms. The zero-order valence-corrected chi connectivity index (χ0v) is 11.3. The molecule has 0 saturated heterocycles. The summed E-state index contributed by atoms with van der Waals surface area (Å²) in [5.74, 6) is 0.682. The molecule has 0 aromatic carbocycles. The Morgan fingerprint density at radius 2 is 2.11 bits per heavy atom. The first-order valence-electron chi connectivity index (χ1n) is 6.74. The second kappa shape index (κ2) is 4.30. The second-order valence-electron chi connectivity index (χ2n) is 5.28. The minimum Gasteiger partial charge on any atom is -0.465 e. The molecular weight excluding hydrogens is 248 g/mol. The van der Waals surface area contributed by atoms with E-state index in [0.29, 0.717) is 31.2 Å². The summed E-state index contributed by atoms with van der Waals surface area (Å²) in [7, 11) is 1.66. The van der Waals surface area contributed by atoms with Crippen LogP contribution in [0.3, 0.4) is 0 Å². The van der Waals surface area contributed by atoms with Crippen molar-refractivity contribution in [2.75, 3.05) is 13.7 Å². The molecule has 2 fully saturated rings. The van der Waals surface area contributed by atoms with E-state index in [0.717, 1.165) is 19.3 Å². The molecule has 1 aromatic rings. The fourth-order valence-electron chi connectivity index (χ4n) is 2.52. The van der Waals surface area contributed by atoms with Crippen LogP contribution in [0, 0.1) is 0 Å². The molecule has 104 valence electrons. The average Bonchev–Trinajstić information content (AvgIpc) is 3.03. The SMILES string of the molecule is CCOC(=O)C1(c2nc(C3(OC)CCC3)no2)CC1. The molecule has 0 atom stereocenters. The van der Waals surface area contributed by atoms with E-state index < -0.39 is 11.0 Å². The molecule has 0 aliphatic heterocycles. The summed E-state index contributed by atoms with van der Waals surface area (Å²) in [6.45, 7) is 2.16. The van der Waals surface area contributed by atoms with E-state index in [-0.39, 0.29) is 5.97 Å². The van der Waals surface area contributed by atoms with Gasteiger partial charge >= 0.3 is 5.97 Å². The van der Waals surface area contributed by atoms with E-state index >= 15 is 0 Å². The third-order valence-corrected chi connectivity index (χ3v) is 4.21. The van der Waals surface area contributed by atoms with Crippen LogP contribution in [-0.2, 0) is 25.3 Å². The van der Waals surface area contributed by atoms with E-state index in [1.807, 2.05) is 0 Å². The normalized spacial score (nSPS) is 22.6. The van der Waals surface area contributed by atoms with Crippen LogP contribution in [0.4, 0.5) is 0 Å². The molecule has 1 heterocycles. The van der Waals surface area contributed by atoms with Crippen molar-refractivity contribution in [1.82, 2.24) is 10.1 Å². The Hall–Kier alpha value is -1.43. The van der Waals surface area contributed by atoms with Crippen LogP contribution >= 0.6 is 0 Å². The first-order valence-corrected chi connectivity index (χ1v) is 6.74. The topological polar surface area (TPSA) is 74.5 Å². The fourth-order valence-corrected chi connectivity index (χ4v) is 2.52. The van der Waals surface area contributed by atoms with Gasteiger partial charge in [0.15, 0.2) is 0 Å². The van der Waals surface area contributed by atoms with Gasteiger partial charge in [-0.2, -0.15) is 4.98 Å². The fraction of sp³-hybridized carbons (Fsp3) is 0.769. The van der Waals surface area contributed by atoms with Gasteiger partial charge in [0.2, 0.25) is 11.7 Å². The minimum absolute atomic E-state index is 0.259. The van der Waals surface area contributed by atoms with E-state index in [1.165, 1.54) is 0 Å². The highest BCUT2D eigenvalue weighted by atomic mass is 16.5. The van der Waals surface area contributed by atoms with Crippen LogP contribution in [0.1, 0.15) is 50.7 Å². The summed E-state index contributed by atoms with van der Waals surface area (Å²) in [5, 5.41) is 4.01. The van der Waals surface area contributed by atoms with E-state index in [2.05, 4.69) is 10.1 Å². The zero-order valence-electron chi connectivity index (χ0n) is 11.3. The maximum absolute atomic E-state index is 12.0. The lowest BCUT2D eigenvalue weighted by Crippen LogP contribution is -2.37. The average molecular weight is 266 g/mol. The molecule has 0 spiro atoms. The van der Waals surface area contributed by atoms with Gasteiger partial charge in [-0.15, -0.1) is 0 Å². The van der Waals surface area contributed by atoms with Crippen molar-refractivity contribution in [1.29, 1.82) is 0 Å². The third kappa shape index (κ3) is 1.77. The highest BCUT2D eigenvalue weighted by Crippen LogP contribution is 2.50. The van der Waals surface area contributed by atoms with Crippen molar-refractivity contribution in [3.8, 4) is 0 Å². The molecule has 0 unspecified atom stereocenters. The molecule has 6 nitrogen and oxygen atoms in total. The Balaban J connectivity index is 1.84. The van der Waals surface area contributed by atoms with Gasteiger partial charge in [0, 0.05) is 7.11 Å². The Labute approximate surface area is 111 Å². The molecule has 0 amide bonds. The Morgan fingerprint density at radius 3 is 2.58 bits per heavy atom. The van der Waals surface area contributed by atoms with Crippen molar-refractivity contribution in [2.45, 2.75) is 50.0 Å². The van der Waals surface area contributed by atoms with Crippen molar-refractivity contribution in [3.63, 3.8) is 0 Å². The highest BCUT2D eigenvalue weighted by molar-refractivity contribution is 5.85. The number of aromatic nitrogens is 2. The summed E-state index contributed by atoms with van der Waals surface area (Å²) in [6.07, 6.45) is 4.32. The highest BCUT2D eigenvalue weighted by Gasteiger charge is 2.58. The number of esters is 1. The molecule has 19 heavy (non-hydrogen) atoms. The lowest BCUT2D eigenvalue weighted by Gasteiger charge is -2.37. The lowest BCUT2D eigenvalue weighted by molar-refractivity contribution is -0.146. The molecule has 0 N–H and O–H groups in total. The molecule has 2 aliphatic carbocycles. The number of nitrogens with zero attached hydrogens (tertiary/aromatic N) is 2. The molecule has 3 rings (SSSR count). The smallest absolute Gasteiger partial charge is 0.321 e. The van der Waals surface area contributed by atoms with Crippen LogP contribution < -0.4 is 0 Å². The number of carbonyl (C=O) groups excluding carboxylic acids is 1. The first-order chi connectivity index (χ1) is 9.17. The largest absolute Gasteiger partial charge is 0.465 e. The van der Waals surface area contributed by atoms with Crippen LogP contribution in [0.15, 0.2) is 4.52 Å². The molecule has 2 saturated carbocycles. The Bertz CT molecular complexity index is 483. The summed E-state index contributed by atoms with van der Waals surface area (Å²) < 4.78 is 15.9. The van der Waals surface area contributed by atoms with Gasteiger partial charge in [-0.3, -0.25) is 4.79 Å². The number of methoxy groups -OCH3 is 1. The molecule has 1 aromatic heterocycles. The van der Waals surface area contributed by atoms with Crippen molar-refractivity contribution in [3.05, 3.63) is 11.7 Å². The van der Waals surface area contributed by atoms with Gasteiger partial charge in [0.05, 0.1) is 6.61 Å². The van der Waals surface area contributed by atoms with Crippen LogP contribution in [0.2, 0.25) is 0 Å². The lowest BCUT2D eigenvalue weighted by atomic mass is 9.79. The summed E-state index contributed by atoms with van der Waals surface area (Å²) >= 11 is 0. The number of ether oxygens (including phenoxy) is 2. The number of hydrogen-bond donors (Lipinski definition) is 0. The zero-order chi connectivity index (χ0) is 13.5. The van der Waals surface area contributed by atoms with Crippen LogP contribution in [0.5, 0.6) is 0 Å². The quantitative estimate of drug-likeness (QED) is 0.755. The maximum Gasteiger partial charge on any atom is 0.321 e. The molecule has 2 aliphatic rings. The molecule has 0 bridgehead atoms. The maximum atomic E-state index is 12.0. The summed E-state index contributed by atoms with van der Waals surface area (Å²) in [5.41, 5.74) is -1.10. The van der Waals surface area contributed by atoms with Gasteiger partial charge in [0.25, 0.3) is 0 Å². The minimum atomic E-state index is -0.695. The van der Waals surface area contributed by atoms with Gasteiger partial charge in [-0.05, 0) is 39.0 Å². The monoisotopic (exact) mass is 266 g/mol. The number of hydrogen-bond acceptors (Lipinski definition) is 6. The molecule has 0 radical (unpaired) electrons. The van der Waals surface area contributed by atoms with Gasteiger partial charge in [-0.25, -0.2) is 0 Å². The summed E-state index contributed by atoms with van der Waals surface area (Å²) in [6, 6.07) is 0. The Morgan fingerprint density at radius 1 is 1.37 bits per heavy atom. The van der Waals surface area contributed by atoms with Crippen molar-refractivity contribution >= 4 is 5.97 Å². The summed E-state index contributed by atoms with van der Waals surface area (Å²) in [4.78, 5) is 16.4. The second-order valence-corrected chi connectivity index (χ2v) is 5.28. The van der Waals surface area contributed by atoms with Gasteiger partial charge in [0.1, 0.15) is 11.0 Å². The predicted molar refractivity (Wildman–Crippen MR) is 64.4 cm³/mol. The van der Waals surface area contributed by atoms with Crippen LogP contribution in [0.25, 0.3) is 0 Å². The van der Waals surface area contributed by atoms with E-state index in [1.54, 1.807) is 14.0 Å². The number of rotatable bonds is 5. The van der Waals surface area contributed by atoms with Crippen LogP contribution in [-0.4, -0.2) is 29.8 Å². The standard InChI is InChI=1S/C13H18N2O4/c1-3-18-11(16)12(7-8-12)10-14-9(15-19-10)13(17-2)5-4-6-13/h3-8H2,1-2H3.